The fraction of sp³-hybridized carbons (Fsp3) is 0.857. The Kier molecular flexibility index (Phi) is 5.18. The lowest BCUT2D eigenvalue weighted by atomic mass is 9.41. The lowest BCUT2D eigenvalue weighted by Crippen LogP contribution is -2.59. The maximum Gasteiger partial charge on any atom is 0.0124 e. The van der Waals surface area contributed by atoms with E-state index in [2.05, 4.69) is 48.9 Å². The van der Waals surface area contributed by atoms with Crippen LogP contribution in [0.15, 0.2) is 42.0 Å². The molecule has 0 saturated heterocycles. The molecule has 0 nitrogen and oxygen atoms in total. The van der Waals surface area contributed by atoms with Crippen LogP contribution in [0.25, 0.3) is 0 Å². The van der Waals surface area contributed by atoms with Gasteiger partial charge in [0, 0.05) is 16.2 Å². The molecule has 16 saturated carbocycles. The van der Waals surface area contributed by atoms with E-state index >= 15 is 0 Å². The summed E-state index contributed by atoms with van der Waals surface area (Å²) < 4.78 is 0. The molecule has 0 radical (unpaired) electrons. The Hall–Kier alpha value is -1.04. The minimum absolute atomic E-state index is 0.454. The Morgan fingerprint density at radius 2 is 0.946 bits per heavy atom. The number of benzene rings is 1. The van der Waals surface area contributed by atoms with E-state index in [1.807, 2.05) is 5.56 Å². The van der Waals surface area contributed by atoms with E-state index in [1.54, 1.807) is 57.8 Å². The quantitative estimate of drug-likeness (QED) is 0.165. The van der Waals surface area contributed by atoms with Gasteiger partial charge in [-0.15, -0.1) is 0 Å². The molecule has 1 aromatic rings. The fourth-order valence-corrected chi connectivity index (χ4v) is 28.8. The van der Waals surface area contributed by atoms with Crippen LogP contribution in [-0.4, -0.2) is 0 Å². The van der Waals surface area contributed by atoms with Crippen molar-refractivity contribution in [2.75, 3.05) is 0 Å². The van der Waals surface area contributed by atoms with Crippen molar-refractivity contribution in [1.82, 2.24) is 0 Å². The van der Waals surface area contributed by atoms with Crippen LogP contribution in [0.2, 0.25) is 0 Å². The molecule has 0 heterocycles. The van der Waals surface area contributed by atoms with Gasteiger partial charge in [0.15, 0.2) is 0 Å². The molecule has 17 aliphatic carbocycles. The second-order valence-electron chi connectivity index (χ2n) is 26.6. The van der Waals surface area contributed by atoms with Crippen LogP contribution in [0.3, 0.4) is 0 Å². The SMILES string of the molecule is CCCCCCCCCCC1(c2ccccc2)C23C=C4CC5CC6CC7CC8CC9CC%10CC(C2)C2C%11C%10C9C9C8C8C7C6C6C5C5C7C6C8C9C%11C7C2C31C45. The monoisotopic (exact) mass is 743 g/mol. The van der Waals surface area contributed by atoms with Gasteiger partial charge < -0.3 is 0 Å². The molecular weight excluding hydrogens is 673 g/mol. The summed E-state index contributed by atoms with van der Waals surface area (Å²) in [6, 6.07) is 12.9. The molecule has 0 aliphatic heterocycles. The van der Waals surface area contributed by atoms with Gasteiger partial charge in [0.1, 0.15) is 0 Å². The summed E-state index contributed by atoms with van der Waals surface area (Å²) in [5.41, 5.74) is 5.61. The Morgan fingerprint density at radius 3 is 1.59 bits per heavy atom. The zero-order chi connectivity index (χ0) is 35.5. The largest absolute Gasteiger partial charge is 0.0772 e. The van der Waals surface area contributed by atoms with Crippen LogP contribution >= 0.6 is 0 Å². The van der Waals surface area contributed by atoms with Crippen LogP contribution in [0.4, 0.5) is 0 Å². The van der Waals surface area contributed by atoms with E-state index in [0.29, 0.717) is 16.2 Å². The average Bonchev–Trinajstić information content (AvgIpc) is 3.93. The third-order valence-electron chi connectivity index (χ3n) is 27.2. The first kappa shape index (κ1) is 30.9. The summed E-state index contributed by atoms with van der Waals surface area (Å²) in [5.74, 6) is 31.4. The van der Waals surface area contributed by atoms with Gasteiger partial charge >= 0.3 is 0 Å². The van der Waals surface area contributed by atoms with Crippen molar-refractivity contribution in [1.29, 1.82) is 0 Å². The van der Waals surface area contributed by atoms with Gasteiger partial charge in [-0.3, -0.25) is 0 Å². The van der Waals surface area contributed by atoms with Crippen molar-refractivity contribution in [3.8, 4) is 0 Å². The minimum atomic E-state index is 0.454. The van der Waals surface area contributed by atoms with E-state index in [1.165, 1.54) is 140 Å². The number of hydrogen-bond acceptors (Lipinski definition) is 0. The van der Waals surface area contributed by atoms with Crippen LogP contribution in [0.5, 0.6) is 0 Å². The first-order valence-corrected chi connectivity index (χ1v) is 26.5. The molecule has 0 bridgehead atoms. The highest BCUT2D eigenvalue weighted by Gasteiger charge is 3.00. The molecule has 0 N–H and O–H groups in total. The maximum atomic E-state index is 3.33. The summed E-state index contributed by atoms with van der Waals surface area (Å²) in [6.07, 6.45) is 30.2. The van der Waals surface area contributed by atoms with E-state index in [-0.39, 0.29) is 0 Å². The van der Waals surface area contributed by atoms with Gasteiger partial charge in [-0.2, -0.15) is 0 Å². The lowest BCUT2D eigenvalue weighted by Gasteiger charge is -2.62. The summed E-state index contributed by atoms with van der Waals surface area (Å²) >= 11 is 0. The summed E-state index contributed by atoms with van der Waals surface area (Å²) in [6.45, 7) is 2.38. The molecule has 30 unspecified atom stereocenters. The zero-order valence-corrected chi connectivity index (χ0v) is 34.6. The second kappa shape index (κ2) is 9.39. The summed E-state index contributed by atoms with van der Waals surface area (Å²) in [5, 5.41) is 0. The summed E-state index contributed by atoms with van der Waals surface area (Å²) in [4.78, 5) is 0. The number of hydrogen-bond donors (Lipinski definition) is 0. The predicted molar refractivity (Wildman–Crippen MR) is 219 cm³/mol. The standard InChI is InChI=1S/C56H70/c1-2-3-4-5-6-7-8-12-15-55(33-13-10-9-11-14-33)54-23-31-21-29-19-27-18-28-17-25-16-26-20-30-22-32(24-54)52-50-39(30)43-35(26)34(25)41-38(28)42-36(27)37(29)44-40(31)53(56(52,54)55)51-48(44)46(42)45(41)47(43)49(50)51/h9-11,13-14,24-31,34-53H,2-8,12,15-23H2,1H3. The molecule has 18 rings (SSSR count). The topological polar surface area (TPSA) is 0 Å². The van der Waals surface area contributed by atoms with Gasteiger partial charge in [-0.1, -0.05) is 100 Å². The van der Waals surface area contributed by atoms with Crippen molar-refractivity contribution < 1.29 is 0 Å². The third-order valence-corrected chi connectivity index (χ3v) is 27.2. The van der Waals surface area contributed by atoms with Crippen LogP contribution < -0.4 is 0 Å². The van der Waals surface area contributed by atoms with Crippen molar-refractivity contribution in [3.05, 3.63) is 47.5 Å². The minimum Gasteiger partial charge on any atom is -0.0772 e. The first-order chi connectivity index (χ1) is 27.7. The normalized spacial score (nSPS) is 69.7. The van der Waals surface area contributed by atoms with Crippen LogP contribution in [-0.2, 0) is 5.41 Å². The smallest absolute Gasteiger partial charge is 0.0124 e. The number of rotatable bonds is 10. The molecule has 56 heavy (non-hydrogen) atoms. The van der Waals surface area contributed by atoms with Crippen molar-refractivity contribution in [2.45, 2.75) is 121 Å². The van der Waals surface area contributed by atoms with Crippen LogP contribution in [0.1, 0.15) is 122 Å². The molecular formula is C56H70. The maximum absolute atomic E-state index is 3.33. The van der Waals surface area contributed by atoms with Gasteiger partial charge in [0.25, 0.3) is 0 Å². The van der Waals surface area contributed by atoms with E-state index < -0.39 is 0 Å². The highest BCUT2D eigenvalue weighted by Crippen LogP contribution is 3.03. The molecule has 17 aliphatic rings. The molecule has 1 spiro atoms. The molecule has 1 aromatic carbocycles. The van der Waals surface area contributed by atoms with Crippen LogP contribution in [0, 0.1) is 171 Å². The van der Waals surface area contributed by atoms with Gasteiger partial charge in [-0.25, -0.2) is 0 Å². The van der Waals surface area contributed by atoms with Gasteiger partial charge in [-0.05, 0) is 223 Å². The Balaban J connectivity index is 0.885. The van der Waals surface area contributed by atoms with Crippen molar-refractivity contribution in [3.63, 3.8) is 0 Å². The van der Waals surface area contributed by atoms with E-state index in [0.717, 1.165) is 71.0 Å². The van der Waals surface area contributed by atoms with E-state index in [4.69, 9.17) is 0 Å². The molecule has 0 heteroatoms. The number of allylic oxidation sites excluding steroid dienone is 2. The Labute approximate surface area is 338 Å². The van der Waals surface area contributed by atoms with Gasteiger partial charge in [0.2, 0.25) is 0 Å². The zero-order valence-electron chi connectivity index (χ0n) is 34.6. The number of unbranched alkanes of at least 4 members (excludes halogenated alkanes) is 7. The van der Waals surface area contributed by atoms with E-state index in [9.17, 15) is 0 Å². The molecule has 0 amide bonds. The Bertz CT molecular complexity index is 2010. The lowest BCUT2D eigenvalue weighted by molar-refractivity contribution is -0.154. The molecule has 0 aromatic heterocycles. The van der Waals surface area contributed by atoms with Gasteiger partial charge in [0.05, 0.1) is 0 Å². The summed E-state index contributed by atoms with van der Waals surface area (Å²) in [7, 11) is 0. The van der Waals surface area contributed by atoms with Crippen molar-refractivity contribution in [2.24, 2.45) is 171 Å². The highest BCUT2D eigenvalue weighted by atomic mass is 15.0. The average molecular weight is 743 g/mol. The second-order valence-corrected chi connectivity index (χ2v) is 26.6. The molecule has 16 fully saturated rings. The molecule has 30 atom stereocenters. The fourth-order valence-electron chi connectivity index (χ4n) is 28.8. The van der Waals surface area contributed by atoms with Crippen molar-refractivity contribution >= 4 is 0 Å². The predicted octanol–water partition coefficient (Wildman–Crippen LogP) is 12.3. The third kappa shape index (κ3) is 2.68. The highest BCUT2D eigenvalue weighted by molar-refractivity contribution is 5.62. The Morgan fingerprint density at radius 1 is 0.464 bits per heavy atom. The molecule has 294 valence electrons. The first-order valence-electron chi connectivity index (χ1n) is 26.5.